The average molecular weight is 217 g/mol. The van der Waals surface area contributed by atoms with E-state index in [1.165, 1.54) is 44.5 Å². The van der Waals surface area contributed by atoms with Crippen LogP contribution in [0.1, 0.15) is 32.3 Å². The number of likely N-dealkylation sites (tertiary alicyclic amines) is 1. The van der Waals surface area contributed by atoms with E-state index in [-0.39, 0.29) is 0 Å². The Labute approximate surface area is 99.5 Å². The first-order chi connectivity index (χ1) is 7.66. The lowest BCUT2D eigenvalue weighted by atomic mass is 9.84. The Bertz CT molecular complexity index is 315. The van der Waals surface area contributed by atoms with Gasteiger partial charge in [0.15, 0.2) is 0 Å². The molecule has 88 valence electrons. The molecule has 0 radical (unpaired) electrons. The van der Waals surface area contributed by atoms with Crippen LogP contribution in [0.25, 0.3) is 0 Å². The molecule has 1 heteroatoms. The van der Waals surface area contributed by atoms with Crippen molar-refractivity contribution in [1.82, 2.24) is 4.90 Å². The van der Waals surface area contributed by atoms with Crippen molar-refractivity contribution in [3.8, 4) is 0 Å². The summed E-state index contributed by atoms with van der Waals surface area (Å²) in [4.78, 5) is 2.62. The molecule has 0 spiro atoms. The smallest absolute Gasteiger partial charge is 0.00328 e. The maximum Gasteiger partial charge on any atom is 0.00328 e. The summed E-state index contributed by atoms with van der Waals surface area (Å²) in [5.41, 5.74) is 1.99. The minimum Gasteiger partial charge on any atom is -0.302 e. The second-order valence-corrected chi connectivity index (χ2v) is 5.78. The van der Waals surface area contributed by atoms with Gasteiger partial charge in [-0.1, -0.05) is 44.2 Å². The molecule has 1 aromatic carbocycles. The van der Waals surface area contributed by atoms with Crippen molar-refractivity contribution in [3.05, 3.63) is 35.9 Å². The number of rotatable bonds is 3. The highest BCUT2D eigenvalue weighted by Gasteiger charge is 2.25. The molecule has 1 aliphatic rings. The van der Waals surface area contributed by atoms with Crippen LogP contribution < -0.4 is 0 Å². The van der Waals surface area contributed by atoms with Crippen LogP contribution in [-0.4, -0.2) is 24.5 Å². The van der Waals surface area contributed by atoms with E-state index in [0.717, 1.165) is 0 Å². The maximum absolute atomic E-state index is 2.62. The van der Waals surface area contributed by atoms with Gasteiger partial charge >= 0.3 is 0 Å². The SMILES string of the molecule is CC1(C)CCCN(CCc2ccccc2)C1. The van der Waals surface area contributed by atoms with Gasteiger partial charge in [0.2, 0.25) is 0 Å². The van der Waals surface area contributed by atoms with Gasteiger partial charge in [-0.25, -0.2) is 0 Å². The summed E-state index contributed by atoms with van der Waals surface area (Å²) in [6.07, 6.45) is 3.94. The molecule has 0 atom stereocenters. The normalized spacial score (nSPS) is 20.9. The molecule has 0 aliphatic carbocycles. The second-order valence-electron chi connectivity index (χ2n) is 5.78. The van der Waals surface area contributed by atoms with Gasteiger partial charge in [0.25, 0.3) is 0 Å². The van der Waals surface area contributed by atoms with Crippen molar-refractivity contribution in [2.75, 3.05) is 19.6 Å². The Morgan fingerprint density at radius 2 is 1.94 bits per heavy atom. The number of hydrogen-bond acceptors (Lipinski definition) is 1. The Balaban J connectivity index is 1.82. The van der Waals surface area contributed by atoms with Gasteiger partial charge in [0.05, 0.1) is 0 Å². The molecule has 1 saturated heterocycles. The third-order valence-electron chi connectivity index (χ3n) is 3.54. The van der Waals surface area contributed by atoms with Crippen LogP contribution in [0.4, 0.5) is 0 Å². The van der Waals surface area contributed by atoms with E-state index in [1.54, 1.807) is 0 Å². The minimum absolute atomic E-state index is 0.523. The molecule has 0 N–H and O–H groups in total. The van der Waals surface area contributed by atoms with Gasteiger partial charge in [-0.3, -0.25) is 0 Å². The number of benzene rings is 1. The number of hydrogen-bond donors (Lipinski definition) is 0. The molecule has 1 fully saturated rings. The molecule has 1 heterocycles. The number of nitrogens with zero attached hydrogens (tertiary/aromatic N) is 1. The van der Waals surface area contributed by atoms with Gasteiger partial charge in [-0.15, -0.1) is 0 Å². The highest BCUT2D eigenvalue weighted by atomic mass is 15.1. The maximum atomic E-state index is 2.62. The summed E-state index contributed by atoms with van der Waals surface area (Å²) in [5.74, 6) is 0. The van der Waals surface area contributed by atoms with Gasteiger partial charge < -0.3 is 4.90 Å². The van der Waals surface area contributed by atoms with Crippen LogP contribution >= 0.6 is 0 Å². The molecular formula is C15H23N. The van der Waals surface area contributed by atoms with Crippen LogP contribution in [-0.2, 0) is 6.42 Å². The molecule has 0 saturated carbocycles. The summed E-state index contributed by atoms with van der Waals surface area (Å²) in [5, 5.41) is 0. The quantitative estimate of drug-likeness (QED) is 0.750. The van der Waals surface area contributed by atoms with E-state index in [0.29, 0.717) is 5.41 Å². The number of piperidine rings is 1. The molecule has 1 aromatic rings. The van der Waals surface area contributed by atoms with E-state index in [9.17, 15) is 0 Å². The van der Waals surface area contributed by atoms with Crippen molar-refractivity contribution in [2.24, 2.45) is 5.41 Å². The van der Waals surface area contributed by atoms with Crippen molar-refractivity contribution in [1.29, 1.82) is 0 Å². The van der Waals surface area contributed by atoms with Crippen molar-refractivity contribution < 1.29 is 0 Å². The highest BCUT2D eigenvalue weighted by molar-refractivity contribution is 5.14. The lowest BCUT2D eigenvalue weighted by molar-refractivity contribution is 0.119. The highest BCUT2D eigenvalue weighted by Crippen LogP contribution is 2.28. The van der Waals surface area contributed by atoms with Crippen molar-refractivity contribution in [3.63, 3.8) is 0 Å². The first-order valence-electron chi connectivity index (χ1n) is 6.42. The van der Waals surface area contributed by atoms with Gasteiger partial charge in [-0.05, 0) is 36.8 Å². The lowest BCUT2D eigenvalue weighted by Crippen LogP contribution is -2.40. The van der Waals surface area contributed by atoms with Crippen molar-refractivity contribution >= 4 is 0 Å². The Hall–Kier alpha value is -0.820. The molecule has 2 rings (SSSR count). The molecule has 0 aromatic heterocycles. The monoisotopic (exact) mass is 217 g/mol. The topological polar surface area (TPSA) is 3.24 Å². The second kappa shape index (κ2) is 5.01. The van der Waals surface area contributed by atoms with Crippen LogP contribution in [0.15, 0.2) is 30.3 Å². The molecule has 0 bridgehead atoms. The predicted molar refractivity (Wildman–Crippen MR) is 69.6 cm³/mol. The van der Waals surface area contributed by atoms with Crippen LogP contribution in [0, 0.1) is 5.41 Å². The third kappa shape index (κ3) is 3.34. The van der Waals surface area contributed by atoms with E-state index in [1.807, 2.05) is 0 Å². The van der Waals surface area contributed by atoms with Gasteiger partial charge in [0.1, 0.15) is 0 Å². The average Bonchev–Trinajstić information content (AvgIpc) is 2.27. The fourth-order valence-electron chi connectivity index (χ4n) is 2.67. The molecule has 0 amide bonds. The van der Waals surface area contributed by atoms with Gasteiger partial charge in [-0.2, -0.15) is 0 Å². The molecule has 1 aliphatic heterocycles. The van der Waals surface area contributed by atoms with E-state index >= 15 is 0 Å². The van der Waals surface area contributed by atoms with Crippen LogP contribution in [0.5, 0.6) is 0 Å². The predicted octanol–water partition coefficient (Wildman–Crippen LogP) is 3.35. The summed E-state index contributed by atoms with van der Waals surface area (Å²) in [6, 6.07) is 10.8. The zero-order valence-electron chi connectivity index (χ0n) is 10.6. The zero-order chi connectivity index (χ0) is 11.4. The van der Waals surface area contributed by atoms with E-state index < -0.39 is 0 Å². The fourth-order valence-corrected chi connectivity index (χ4v) is 2.67. The first kappa shape index (κ1) is 11.7. The molecule has 0 unspecified atom stereocenters. The Morgan fingerprint density at radius 1 is 1.19 bits per heavy atom. The van der Waals surface area contributed by atoms with Gasteiger partial charge in [0, 0.05) is 13.1 Å². The molecule has 16 heavy (non-hydrogen) atoms. The summed E-state index contributed by atoms with van der Waals surface area (Å²) >= 11 is 0. The third-order valence-corrected chi connectivity index (χ3v) is 3.54. The molecule has 1 nitrogen and oxygen atoms in total. The largest absolute Gasteiger partial charge is 0.302 e. The fraction of sp³-hybridized carbons (Fsp3) is 0.600. The zero-order valence-corrected chi connectivity index (χ0v) is 10.6. The summed E-state index contributed by atoms with van der Waals surface area (Å²) in [6.45, 7) is 8.55. The summed E-state index contributed by atoms with van der Waals surface area (Å²) < 4.78 is 0. The van der Waals surface area contributed by atoms with E-state index in [2.05, 4.69) is 49.1 Å². The summed E-state index contributed by atoms with van der Waals surface area (Å²) in [7, 11) is 0. The van der Waals surface area contributed by atoms with E-state index in [4.69, 9.17) is 0 Å². The first-order valence-corrected chi connectivity index (χ1v) is 6.42. The van der Waals surface area contributed by atoms with Crippen molar-refractivity contribution in [2.45, 2.75) is 33.1 Å². The lowest BCUT2D eigenvalue weighted by Gasteiger charge is -2.38. The Morgan fingerprint density at radius 3 is 2.62 bits per heavy atom. The minimum atomic E-state index is 0.523. The Kier molecular flexibility index (Phi) is 3.65. The van der Waals surface area contributed by atoms with Crippen LogP contribution in [0.2, 0.25) is 0 Å². The molecular weight excluding hydrogens is 194 g/mol. The standard InChI is InChI=1S/C15H23N/c1-15(2)10-6-11-16(13-15)12-9-14-7-4-3-5-8-14/h3-5,7-8H,6,9-13H2,1-2H3. The van der Waals surface area contributed by atoms with Crippen LogP contribution in [0.3, 0.4) is 0 Å².